The maximum absolute atomic E-state index is 11.1. The first kappa shape index (κ1) is 9.64. The zero-order valence-electron chi connectivity index (χ0n) is 7.42. The number of hydrogen-bond donors (Lipinski definition) is 1. The van der Waals surface area contributed by atoms with Crippen molar-refractivity contribution in [1.29, 1.82) is 0 Å². The van der Waals surface area contributed by atoms with E-state index in [2.05, 4.69) is 11.9 Å². The molecule has 0 aliphatic heterocycles. The summed E-state index contributed by atoms with van der Waals surface area (Å²) >= 11 is 0. The summed E-state index contributed by atoms with van der Waals surface area (Å²) < 4.78 is 0. The van der Waals surface area contributed by atoms with Crippen molar-refractivity contribution in [3.8, 4) is 0 Å². The van der Waals surface area contributed by atoms with Crippen LogP contribution in [0.2, 0.25) is 0 Å². The lowest BCUT2D eigenvalue weighted by Crippen LogP contribution is -2.42. The number of amides is 1. The SMILES string of the molecule is C=C(C)C(=O)NC1C(=O)CCC1=O. The smallest absolute Gasteiger partial charge is 0.247 e. The Bertz CT molecular complexity index is 277. The minimum absolute atomic E-state index is 0.209. The van der Waals surface area contributed by atoms with E-state index in [9.17, 15) is 14.4 Å². The Morgan fingerprint density at radius 3 is 2.23 bits per heavy atom. The third kappa shape index (κ3) is 2.02. The van der Waals surface area contributed by atoms with Gasteiger partial charge in [0.2, 0.25) is 5.91 Å². The van der Waals surface area contributed by atoms with Gasteiger partial charge in [-0.15, -0.1) is 0 Å². The Hall–Kier alpha value is -1.45. The third-order valence-corrected chi connectivity index (χ3v) is 1.92. The van der Waals surface area contributed by atoms with E-state index in [1.54, 1.807) is 0 Å². The Morgan fingerprint density at radius 2 is 1.85 bits per heavy atom. The summed E-state index contributed by atoms with van der Waals surface area (Å²) in [4.78, 5) is 33.2. The van der Waals surface area contributed by atoms with Gasteiger partial charge < -0.3 is 5.32 Å². The molecule has 1 fully saturated rings. The topological polar surface area (TPSA) is 63.2 Å². The highest BCUT2D eigenvalue weighted by atomic mass is 16.2. The van der Waals surface area contributed by atoms with E-state index in [-0.39, 0.29) is 24.4 Å². The molecule has 1 N–H and O–H groups in total. The van der Waals surface area contributed by atoms with Crippen molar-refractivity contribution < 1.29 is 14.4 Å². The molecule has 0 aromatic heterocycles. The van der Waals surface area contributed by atoms with Crippen molar-refractivity contribution >= 4 is 17.5 Å². The Morgan fingerprint density at radius 1 is 1.38 bits per heavy atom. The van der Waals surface area contributed by atoms with Gasteiger partial charge in [0.15, 0.2) is 11.6 Å². The summed E-state index contributed by atoms with van der Waals surface area (Å²) in [5.41, 5.74) is 0.299. The summed E-state index contributed by atoms with van der Waals surface area (Å²) in [5.74, 6) is -0.854. The quantitative estimate of drug-likeness (QED) is 0.481. The zero-order valence-corrected chi connectivity index (χ0v) is 7.42. The van der Waals surface area contributed by atoms with Crippen LogP contribution in [0.4, 0.5) is 0 Å². The van der Waals surface area contributed by atoms with Gasteiger partial charge in [-0.1, -0.05) is 6.58 Å². The highest BCUT2D eigenvalue weighted by Gasteiger charge is 2.33. The molecule has 4 heteroatoms. The van der Waals surface area contributed by atoms with Crippen LogP contribution in [0.3, 0.4) is 0 Å². The standard InChI is InChI=1S/C9H11NO3/c1-5(2)9(13)10-8-6(11)3-4-7(8)12/h8H,1,3-4H2,2H3,(H,10,13). The molecule has 4 nitrogen and oxygen atoms in total. The van der Waals surface area contributed by atoms with E-state index in [1.807, 2.05) is 0 Å². The first-order chi connectivity index (χ1) is 6.02. The Labute approximate surface area is 76.0 Å². The van der Waals surface area contributed by atoms with Gasteiger partial charge >= 0.3 is 0 Å². The fourth-order valence-electron chi connectivity index (χ4n) is 1.13. The molecule has 0 radical (unpaired) electrons. The van der Waals surface area contributed by atoms with Crippen molar-refractivity contribution in [2.24, 2.45) is 0 Å². The van der Waals surface area contributed by atoms with E-state index in [1.165, 1.54) is 6.92 Å². The van der Waals surface area contributed by atoms with Crippen LogP contribution in [0.1, 0.15) is 19.8 Å². The van der Waals surface area contributed by atoms with E-state index < -0.39 is 11.9 Å². The molecule has 1 aliphatic rings. The second-order valence-electron chi connectivity index (χ2n) is 3.12. The average Bonchev–Trinajstić information content (AvgIpc) is 2.35. The van der Waals surface area contributed by atoms with Crippen molar-refractivity contribution in [3.05, 3.63) is 12.2 Å². The van der Waals surface area contributed by atoms with E-state index >= 15 is 0 Å². The van der Waals surface area contributed by atoms with Gasteiger partial charge in [-0.2, -0.15) is 0 Å². The first-order valence-electron chi connectivity index (χ1n) is 4.04. The summed E-state index contributed by atoms with van der Waals surface area (Å²) in [6, 6.07) is -0.927. The van der Waals surface area contributed by atoms with Crippen LogP contribution < -0.4 is 5.32 Å². The molecule has 0 aromatic rings. The Kier molecular flexibility index (Phi) is 2.60. The molecule has 0 aromatic carbocycles. The van der Waals surface area contributed by atoms with E-state index in [0.29, 0.717) is 5.57 Å². The molecule has 13 heavy (non-hydrogen) atoms. The highest BCUT2D eigenvalue weighted by molar-refractivity contribution is 6.15. The second-order valence-corrected chi connectivity index (χ2v) is 3.12. The number of ketones is 2. The number of nitrogens with one attached hydrogen (secondary N) is 1. The number of Topliss-reactive ketones (excluding diaryl/α,β-unsaturated/α-hetero) is 2. The minimum Gasteiger partial charge on any atom is -0.336 e. The number of carbonyl (C=O) groups is 3. The lowest BCUT2D eigenvalue weighted by molar-refractivity contribution is -0.129. The molecule has 0 atom stereocenters. The molecular weight excluding hydrogens is 170 g/mol. The summed E-state index contributed by atoms with van der Waals surface area (Å²) in [6.07, 6.45) is 0.472. The fourth-order valence-corrected chi connectivity index (χ4v) is 1.13. The van der Waals surface area contributed by atoms with Crippen LogP contribution in [-0.4, -0.2) is 23.5 Å². The predicted molar refractivity (Wildman–Crippen MR) is 46.0 cm³/mol. The molecule has 0 saturated heterocycles. The van der Waals surface area contributed by atoms with E-state index in [4.69, 9.17) is 0 Å². The van der Waals surface area contributed by atoms with Crippen LogP contribution in [-0.2, 0) is 14.4 Å². The first-order valence-corrected chi connectivity index (χ1v) is 4.04. The molecule has 1 rings (SSSR count). The largest absolute Gasteiger partial charge is 0.336 e. The van der Waals surface area contributed by atoms with Gasteiger partial charge in [0.25, 0.3) is 0 Å². The third-order valence-electron chi connectivity index (χ3n) is 1.92. The van der Waals surface area contributed by atoms with Crippen molar-refractivity contribution in [2.45, 2.75) is 25.8 Å². The van der Waals surface area contributed by atoms with Crippen LogP contribution in [0.5, 0.6) is 0 Å². The van der Waals surface area contributed by atoms with Gasteiger partial charge in [-0.3, -0.25) is 14.4 Å². The molecular formula is C9H11NO3. The highest BCUT2D eigenvalue weighted by Crippen LogP contribution is 2.10. The molecule has 0 heterocycles. The number of rotatable bonds is 2. The molecule has 0 unspecified atom stereocenters. The van der Waals surface area contributed by atoms with Gasteiger partial charge in [-0.05, 0) is 6.92 Å². The fraction of sp³-hybridized carbons (Fsp3) is 0.444. The molecule has 1 saturated carbocycles. The number of carbonyl (C=O) groups excluding carboxylic acids is 3. The zero-order chi connectivity index (χ0) is 10.0. The molecule has 0 bridgehead atoms. The van der Waals surface area contributed by atoms with Crippen molar-refractivity contribution in [2.75, 3.05) is 0 Å². The lowest BCUT2D eigenvalue weighted by atomic mass is 10.2. The van der Waals surface area contributed by atoms with Gasteiger partial charge in [-0.25, -0.2) is 0 Å². The molecule has 1 amide bonds. The molecule has 70 valence electrons. The normalized spacial score (nSPS) is 17.6. The van der Waals surface area contributed by atoms with Crippen LogP contribution in [0.15, 0.2) is 12.2 Å². The van der Waals surface area contributed by atoms with Crippen LogP contribution >= 0.6 is 0 Å². The lowest BCUT2D eigenvalue weighted by Gasteiger charge is -2.08. The van der Waals surface area contributed by atoms with Gasteiger partial charge in [0, 0.05) is 18.4 Å². The van der Waals surface area contributed by atoms with Crippen molar-refractivity contribution in [1.82, 2.24) is 5.32 Å². The van der Waals surface area contributed by atoms with Gasteiger partial charge in [0.1, 0.15) is 6.04 Å². The van der Waals surface area contributed by atoms with Crippen LogP contribution in [0.25, 0.3) is 0 Å². The predicted octanol–water partition coefficient (Wildman–Crippen LogP) is -0.0207. The monoisotopic (exact) mass is 181 g/mol. The average molecular weight is 181 g/mol. The van der Waals surface area contributed by atoms with E-state index in [0.717, 1.165) is 0 Å². The maximum Gasteiger partial charge on any atom is 0.247 e. The maximum atomic E-state index is 11.1. The van der Waals surface area contributed by atoms with Crippen LogP contribution in [0, 0.1) is 0 Å². The minimum atomic E-state index is -0.927. The summed E-state index contributed by atoms with van der Waals surface area (Å²) in [7, 11) is 0. The van der Waals surface area contributed by atoms with Gasteiger partial charge in [0.05, 0.1) is 0 Å². The van der Waals surface area contributed by atoms with Crippen molar-refractivity contribution in [3.63, 3.8) is 0 Å². The number of hydrogen-bond acceptors (Lipinski definition) is 3. The Balaban J connectivity index is 2.63. The summed E-state index contributed by atoms with van der Waals surface area (Å²) in [5, 5.41) is 2.34. The second kappa shape index (κ2) is 3.51. The molecule has 1 aliphatic carbocycles. The summed E-state index contributed by atoms with van der Waals surface area (Å²) in [6.45, 7) is 4.94. The molecule has 0 spiro atoms.